The van der Waals surface area contributed by atoms with Gasteiger partial charge in [0.05, 0.1) is 6.17 Å². The molecule has 5 nitrogen and oxygen atoms in total. The predicted octanol–water partition coefficient (Wildman–Crippen LogP) is 1.74. The van der Waals surface area contributed by atoms with Gasteiger partial charge in [-0.1, -0.05) is 18.7 Å². The topological polar surface area (TPSA) is 65.2 Å². The van der Waals surface area contributed by atoms with Crippen molar-refractivity contribution in [2.45, 2.75) is 50.7 Å². The number of carbonyl (C=O) groups excluding carboxylic acids is 1. The van der Waals surface area contributed by atoms with E-state index in [-0.39, 0.29) is 5.78 Å². The molecule has 0 bridgehead atoms. The van der Waals surface area contributed by atoms with Crippen LogP contribution in [0.4, 0.5) is 0 Å². The second kappa shape index (κ2) is 9.31. The Morgan fingerprint density at radius 3 is 2.81 bits per heavy atom. The van der Waals surface area contributed by atoms with E-state index in [1.54, 1.807) is 0 Å². The average molecular weight is 357 g/mol. The largest absolute Gasteiger partial charge is 0.386 e. The zero-order valence-electron chi connectivity index (χ0n) is 15.9. The molecule has 0 saturated carbocycles. The summed E-state index contributed by atoms with van der Waals surface area (Å²) in [6.07, 6.45) is 5.74. The molecule has 2 aliphatic heterocycles. The van der Waals surface area contributed by atoms with Crippen LogP contribution in [-0.4, -0.2) is 44.7 Å². The van der Waals surface area contributed by atoms with Crippen molar-refractivity contribution in [2.75, 3.05) is 26.7 Å². The normalized spacial score (nSPS) is 23.0. The maximum atomic E-state index is 12.6. The van der Waals surface area contributed by atoms with Gasteiger partial charge in [0.25, 0.3) is 0 Å². The van der Waals surface area contributed by atoms with E-state index < -0.39 is 0 Å². The highest BCUT2D eigenvalue weighted by molar-refractivity contribution is 5.96. The van der Waals surface area contributed by atoms with Gasteiger partial charge < -0.3 is 21.3 Å². The van der Waals surface area contributed by atoms with E-state index >= 15 is 0 Å². The van der Waals surface area contributed by atoms with Crippen LogP contribution in [0.5, 0.6) is 0 Å². The van der Waals surface area contributed by atoms with Crippen LogP contribution >= 0.6 is 0 Å². The lowest BCUT2D eigenvalue weighted by atomic mass is 9.96. The number of hydrogen-bond acceptors (Lipinski definition) is 5. The van der Waals surface area contributed by atoms with Crippen molar-refractivity contribution in [1.82, 2.24) is 21.3 Å². The van der Waals surface area contributed by atoms with E-state index in [1.807, 2.05) is 13.1 Å². The fourth-order valence-electron chi connectivity index (χ4n) is 3.89. The van der Waals surface area contributed by atoms with Crippen LogP contribution in [0.2, 0.25) is 0 Å². The number of benzene rings is 1. The number of rotatable bonds is 7. The maximum Gasteiger partial charge on any atom is 0.163 e. The van der Waals surface area contributed by atoms with E-state index in [2.05, 4.69) is 40.0 Å². The Morgan fingerprint density at radius 1 is 1.19 bits per heavy atom. The lowest BCUT2D eigenvalue weighted by Crippen LogP contribution is -2.51. The molecule has 0 aromatic heterocycles. The summed E-state index contributed by atoms with van der Waals surface area (Å²) in [4.78, 5) is 12.6. The Kier molecular flexibility index (Phi) is 6.83. The fourth-order valence-corrected chi connectivity index (χ4v) is 3.89. The van der Waals surface area contributed by atoms with Gasteiger partial charge in [0, 0.05) is 23.7 Å². The minimum absolute atomic E-state index is 0.214. The van der Waals surface area contributed by atoms with Crippen molar-refractivity contribution in [3.05, 3.63) is 47.2 Å². The number of fused-ring (bicyclic) bond motifs is 1. The van der Waals surface area contributed by atoms with Crippen LogP contribution in [0.25, 0.3) is 0 Å². The molecular formula is C21H32N4O. The molecule has 2 heterocycles. The first-order valence-corrected chi connectivity index (χ1v) is 9.86. The zero-order valence-corrected chi connectivity index (χ0v) is 15.9. The molecule has 1 aromatic carbocycles. The minimum Gasteiger partial charge on any atom is -0.386 e. The Hall–Kier alpha value is -1.69. The molecule has 3 rings (SSSR count). The Balaban J connectivity index is 1.49. The van der Waals surface area contributed by atoms with E-state index in [1.165, 1.54) is 11.1 Å². The summed E-state index contributed by atoms with van der Waals surface area (Å²) in [7, 11) is 1.98. The van der Waals surface area contributed by atoms with Crippen molar-refractivity contribution in [3.8, 4) is 0 Å². The van der Waals surface area contributed by atoms with Crippen molar-refractivity contribution in [3.63, 3.8) is 0 Å². The van der Waals surface area contributed by atoms with Crippen LogP contribution in [-0.2, 0) is 12.8 Å². The number of ketones is 1. The molecule has 4 N–H and O–H groups in total. The van der Waals surface area contributed by atoms with Gasteiger partial charge in [-0.25, -0.2) is 0 Å². The number of hydrogen-bond donors (Lipinski definition) is 4. The van der Waals surface area contributed by atoms with Crippen LogP contribution < -0.4 is 21.3 Å². The van der Waals surface area contributed by atoms with E-state index in [4.69, 9.17) is 0 Å². The van der Waals surface area contributed by atoms with Crippen LogP contribution in [0, 0.1) is 0 Å². The van der Waals surface area contributed by atoms with E-state index in [0.717, 1.165) is 56.6 Å². The molecule has 2 unspecified atom stereocenters. The van der Waals surface area contributed by atoms with E-state index in [9.17, 15) is 4.79 Å². The Bertz CT molecular complexity index is 643. The van der Waals surface area contributed by atoms with Crippen LogP contribution in [0.3, 0.4) is 0 Å². The lowest BCUT2D eigenvalue weighted by molar-refractivity contribution is 0.0982. The standard InChI is InChI=1S/C21H32N4O/c1-15(25-19-9-12-24-21(14-19)22-2)3-6-20(26)18-5-4-16-7-10-23-11-8-17(16)13-18/h4-5,13,19,21-25H,1,3,6-12,14H2,2H3. The molecule has 5 heteroatoms. The first-order chi connectivity index (χ1) is 12.7. The van der Waals surface area contributed by atoms with Crippen molar-refractivity contribution < 1.29 is 4.79 Å². The number of allylic oxidation sites excluding steroid dienone is 1. The van der Waals surface area contributed by atoms with Gasteiger partial charge in [0.2, 0.25) is 0 Å². The summed E-state index contributed by atoms with van der Waals surface area (Å²) in [5, 5.41) is 13.6. The number of nitrogens with one attached hydrogen (secondary N) is 4. The number of Topliss-reactive ketones (excluding diaryl/α,β-unsaturated/α-hetero) is 1. The molecule has 2 atom stereocenters. The lowest BCUT2D eigenvalue weighted by Gasteiger charge is -2.31. The van der Waals surface area contributed by atoms with Crippen molar-refractivity contribution >= 4 is 5.78 Å². The molecule has 0 aliphatic carbocycles. The molecule has 26 heavy (non-hydrogen) atoms. The number of piperidine rings is 1. The highest BCUT2D eigenvalue weighted by Gasteiger charge is 2.20. The summed E-state index contributed by atoms with van der Waals surface area (Å²) in [5.41, 5.74) is 4.52. The molecule has 1 saturated heterocycles. The molecule has 1 aromatic rings. The summed E-state index contributed by atoms with van der Waals surface area (Å²) in [5.74, 6) is 0.214. The smallest absolute Gasteiger partial charge is 0.163 e. The van der Waals surface area contributed by atoms with Crippen LogP contribution in [0.1, 0.15) is 47.2 Å². The first kappa shape index (κ1) is 19.1. The van der Waals surface area contributed by atoms with E-state index in [0.29, 0.717) is 25.0 Å². The Labute approximate surface area is 157 Å². The fraction of sp³-hybridized carbons (Fsp3) is 0.571. The van der Waals surface area contributed by atoms with Gasteiger partial charge in [-0.15, -0.1) is 0 Å². The average Bonchev–Trinajstić information content (AvgIpc) is 2.91. The second-order valence-corrected chi connectivity index (χ2v) is 7.42. The van der Waals surface area contributed by atoms with Gasteiger partial charge in [0.15, 0.2) is 5.78 Å². The minimum atomic E-state index is 0.214. The van der Waals surface area contributed by atoms with Gasteiger partial charge in [-0.3, -0.25) is 4.79 Å². The molecule has 0 spiro atoms. The SMILES string of the molecule is C=C(CCC(=O)c1ccc2c(c1)CCNCC2)NC1CCNC(NC)C1. The maximum absolute atomic E-state index is 12.6. The zero-order chi connectivity index (χ0) is 18.4. The number of carbonyl (C=O) groups is 1. The highest BCUT2D eigenvalue weighted by atomic mass is 16.1. The summed E-state index contributed by atoms with van der Waals surface area (Å²) >= 11 is 0. The third-order valence-electron chi connectivity index (χ3n) is 5.48. The molecule has 0 radical (unpaired) electrons. The van der Waals surface area contributed by atoms with Crippen molar-refractivity contribution in [1.29, 1.82) is 0 Å². The third kappa shape index (κ3) is 5.16. The molecule has 2 aliphatic rings. The second-order valence-electron chi connectivity index (χ2n) is 7.42. The molecule has 142 valence electrons. The van der Waals surface area contributed by atoms with Gasteiger partial charge >= 0.3 is 0 Å². The summed E-state index contributed by atoms with van der Waals surface area (Å²) < 4.78 is 0. The van der Waals surface area contributed by atoms with Crippen LogP contribution in [0.15, 0.2) is 30.5 Å². The molecule has 0 amide bonds. The highest BCUT2D eigenvalue weighted by Crippen LogP contribution is 2.18. The summed E-state index contributed by atoms with van der Waals surface area (Å²) in [6, 6.07) is 6.66. The summed E-state index contributed by atoms with van der Waals surface area (Å²) in [6.45, 7) is 7.15. The first-order valence-electron chi connectivity index (χ1n) is 9.86. The van der Waals surface area contributed by atoms with Gasteiger partial charge in [-0.05, 0) is 76.0 Å². The molecule has 1 fully saturated rings. The van der Waals surface area contributed by atoms with Gasteiger partial charge in [-0.2, -0.15) is 0 Å². The predicted molar refractivity (Wildman–Crippen MR) is 106 cm³/mol. The third-order valence-corrected chi connectivity index (χ3v) is 5.48. The monoisotopic (exact) mass is 356 g/mol. The quantitative estimate of drug-likeness (QED) is 0.561. The molecular weight excluding hydrogens is 324 g/mol. The van der Waals surface area contributed by atoms with Crippen molar-refractivity contribution in [2.24, 2.45) is 0 Å². The Morgan fingerprint density at radius 2 is 2.00 bits per heavy atom. The van der Waals surface area contributed by atoms with Gasteiger partial charge in [0.1, 0.15) is 0 Å².